The van der Waals surface area contributed by atoms with E-state index in [4.69, 9.17) is 4.74 Å². The molecular formula is C18H17NO. The molecule has 1 heterocycles. The third-order valence-corrected chi connectivity index (χ3v) is 4.05. The average Bonchev–Trinajstić information content (AvgIpc) is 2.53. The topological polar surface area (TPSA) is 21.3 Å². The highest BCUT2D eigenvalue weighted by Crippen LogP contribution is 2.26. The van der Waals surface area contributed by atoms with Crippen molar-refractivity contribution in [1.82, 2.24) is 5.32 Å². The maximum Gasteiger partial charge on any atom is 0.0662 e. The van der Waals surface area contributed by atoms with Crippen LogP contribution in [0.4, 0.5) is 0 Å². The van der Waals surface area contributed by atoms with Crippen LogP contribution in [0.1, 0.15) is 11.6 Å². The third-order valence-electron chi connectivity index (χ3n) is 4.05. The first kappa shape index (κ1) is 11.9. The van der Waals surface area contributed by atoms with Crippen LogP contribution in [0, 0.1) is 0 Å². The highest BCUT2D eigenvalue weighted by atomic mass is 16.5. The van der Waals surface area contributed by atoms with E-state index in [0.717, 1.165) is 19.8 Å². The Hall–Kier alpha value is -1.90. The molecule has 0 aromatic heterocycles. The number of ether oxygens (including phenoxy) is 1. The van der Waals surface area contributed by atoms with Gasteiger partial charge in [0.1, 0.15) is 0 Å². The van der Waals surface area contributed by atoms with E-state index in [1.54, 1.807) is 0 Å². The summed E-state index contributed by atoms with van der Waals surface area (Å²) < 4.78 is 5.56. The van der Waals surface area contributed by atoms with Gasteiger partial charge in [-0.3, -0.25) is 0 Å². The molecule has 3 aromatic rings. The molecule has 0 radical (unpaired) electrons. The van der Waals surface area contributed by atoms with Crippen molar-refractivity contribution in [2.45, 2.75) is 6.04 Å². The van der Waals surface area contributed by atoms with Gasteiger partial charge in [0.05, 0.1) is 19.3 Å². The summed E-state index contributed by atoms with van der Waals surface area (Å²) in [7, 11) is 0. The molecule has 2 heteroatoms. The van der Waals surface area contributed by atoms with E-state index in [9.17, 15) is 0 Å². The first-order chi connectivity index (χ1) is 9.90. The second-order valence-corrected chi connectivity index (χ2v) is 5.39. The molecule has 1 N–H and O–H groups in total. The van der Waals surface area contributed by atoms with E-state index in [0.29, 0.717) is 6.04 Å². The first-order valence-electron chi connectivity index (χ1n) is 7.14. The van der Waals surface area contributed by atoms with Gasteiger partial charge in [0, 0.05) is 6.54 Å². The fraction of sp³-hybridized carbons (Fsp3) is 0.222. The van der Waals surface area contributed by atoms with Crippen LogP contribution >= 0.6 is 0 Å². The first-order valence-corrected chi connectivity index (χ1v) is 7.14. The van der Waals surface area contributed by atoms with Crippen molar-refractivity contribution in [3.8, 4) is 0 Å². The molecule has 100 valence electrons. The Morgan fingerprint density at radius 1 is 0.850 bits per heavy atom. The summed E-state index contributed by atoms with van der Waals surface area (Å²) in [6.07, 6.45) is 0. The van der Waals surface area contributed by atoms with Crippen LogP contribution in [-0.2, 0) is 4.74 Å². The molecule has 2 nitrogen and oxygen atoms in total. The van der Waals surface area contributed by atoms with Gasteiger partial charge >= 0.3 is 0 Å². The Kier molecular flexibility index (Phi) is 2.91. The molecule has 4 rings (SSSR count). The van der Waals surface area contributed by atoms with E-state index in [1.807, 2.05) is 0 Å². The van der Waals surface area contributed by atoms with E-state index in [2.05, 4.69) is 59.9 Å². The summed E-state index contributed by atoms with van der Waals surface area (Å²) in [6.45, 7) is 2.51. The lowest BCUT2D eigenvalue weighted by Gasteiger charge is -2.24. The summed E-state index contributed by atoms with van der Waals surface area (Å²) in [5.74, 6) is 0. The Bertz CT molecular complexity index is 760. The van der Waals surface area contributed by atoms with Gasteiger partial charge in [-0.05, 0) is 45.3 Å². The highest BCUT2D eigenvalue weighted by molar-refractivity contribution is 5.98. The second-order valence-electron chi connectivity index (χ2n) is 5.39. The molecule has 20 heavy (non-hydrogen) atoms. The molecule has 1 aliphatic rings. The van der Waals surface area contributed by atoms with Crippen LogP contribution in [0.15, 0.2) is 54.6 Å². The lowest BCUT2D eigenvalue weighted by molar-refractivity contribution is 0.0769. The minimum Gasteiger partial charge on any atom is -0.378 e. The van der Waals surface area contributed by atoms with Gasteiger partial charge in [-0.25, -0.2) is 0 Å². The van der Waals surface area contributed by atoms with Gasteiger partial charge < -0.3 is 10.1 Å². The van der Waals surface area contributed by atoms with Gasteiger partial charge in [-0.2, -0.15) is 0 Å². The van der Waals surface area contributed by atoms with Gasteiger partial charge in [0.25, 0.3) is 0 Å². The summed E-state index contributed by atoms with van der Waals surface area (Å²) in [5.41, 5.74) is 1.31. The van der Waals surface area contributed by atoms with Crippen molar-refractivity contribution in [3.63, 3.8) is 0 Å². The smallest absolute Gasteiger partial charge is 0.0662 e. The quantitative estimate of drug-likeness (QED) is 0.677. The molecule has 3 aromatic carbocycles. The average molecular weight is 263 g/mol. The molecular weight excluding hydrogens is 246 g/mol. The minimum atomic E-state index is 0.319. The van der Waals surface area contributed by atoms with Crippen molar-refractivity contribution in [2.24, 2.45) is 0 Å². The molecule has 0 aliphatic carbocycles. The summed E-state index contributed by atoms with van der Waals surface area (Å²) in [6, 6.07) is 20.1. The Morgan fingerprint density at radius 2 is 1.60 bits per heavy atom. The normalized spacial score (nSPS) is 19.5. The van der Waals surface area contributed by atoms with Crippen molar-refractivity contribution in [2.75, 3.05) is 19.8 Å². The molecule has 1 unspecified atom stereocenters. The lowest BCUT2D eigenvalue weighted by atomic mass is 9.99. The lowest BCUT2D eigenvalue weighted by Crippen LogP contribution is -2.34. The van der Waals surface area contributed by atoms with E-state index < -0.39 is 0 Å². The second kappa shape index (κ2) is 4.89. The number of benzene rings is 3. The maximum atomic E-state index is 5.56. The van der Waals surface area contributed by atoms with Crippen LogP contribution in [-0.4, -0.2) is 19.8 Å². The predicted molar refractivity (Wildman–Crippen MR) is 83.0 cm³/mol. The van der Waals surface area contributed by atoms with Gasteiger partial charge in [-0.1, -0.05) is 36.4 Å². The van der Waals surface area contributed by atoms with Gasteiger partial charge in [0.15, 0.2) is 0 Å². The molecule has 0 spiro atoms. The van der Waals surface area contributed by atoms with Crippen LogP contribution in [0.25, 0.3) is 21.5 Å². The van der Waals surface area contributed by atoms with Crippen molar-refractivity contribution in [1.29, 1.82) is 0 Å². The van der Waals surface area contributed by atoms with Crippen LogP contribution in [0.2, 0.25) is 0 Å². The van der Waals surface area contributed by atoms with Crippen molar-refractivity contribution < 1.29 is 4.74 Å². The SMILES string of the molecule is c1ccc2cc3cc(C4COCCN4)ccc3cc2c1. The monoisotopic (exact) mass is 263 g/mol. The fourth-order valence-corrected chi connectivity index (χ4v) is 2.95. The van der Waals surface area contributed by atoms with E-state index >= 15 is 0 Å². The number of hydrogen-bond acceptors (Lipinski definition) is 2. The molecule has 1 fully saturated rings. The summed E-state index contributed by atoms with van der Waals surface area (Å²) in [4.78, 5) is 0. The number of morpholine rings is 1. The Balaban J connectivity index is 1.83. The molecule has 1 atom stereocenters. The van der Waals surface area contributed by atoms with Crippen LogP contribution in [0.3, 0.4) is 0 Å². The molecule has 0 saturated carbocycles. The van der Waals surface area contributed by atoms with E-state index in [1.165, 1.54) is 27.1 Å². The predicted octanol–water partition coefficient (Wildman–Crippen LogP) is 3.65. The Labute approximate surface area is 118 Å². The summed E-state index contributed by atoms with van der Waals surface area (Å²) >= 11 is 0. The number of hydrogen-bond donors (Lipinski definition) is 1. The highest BCUT2D eigenvalue weighted by Gasteiger charge is 2.15. The molecule has 1 saturated heterocycles. The zero-order valence-corrected chi connectivity index (χ0v) is 11.3. The van der Waals surface area contributed by atoms with Crippen molar-refractivity contribution in [3.05, 3.63) is 60.2 Å². The van der Waals surface area contributed by atoms with E-state index in [-0.39, 0.29) is 0 Å². The Morgan fingerprint density at radius 3 is 2.35 bits per heavy atom. The standard InChI is InChI=1S/C18H17NO/c1-2-4-14-10-17-11-16(18-12-20-8-7-19-18)6-5-15(17)9-13(14)3-1/h1-6,9-11,18-19H,7-8,12H2. The zero-order chi connectivity index (χ0) is 13.4. The molecule has 0 bridgehead atoms. The largest absolute Gasteiger partial charge is 0.378 e. The molecule has 1 aliphatic heterocycles. The minimum absolute atomic E-state index is 0.319. The van der Waals surface area contributed by atoms with Gasteiger partial charge in [-0.15, -0.1) is 0 Å². The fourth-order valence-electron chi connectivity index (χ4n) is 2.95. The molecule has 0 amide bonds. The maximum absolute atomic E-state index is 5.56. The zero-order valence-electron chi connectivity index (χ0n) is 11.3. The third kappa shape index (κ3) is 2.07. The summed E-state index contributed by atoms with van der Waals surface area (Å²) in [5, 5.41) is 8.70. The van der Waals surface area contributed by atoms with Gasteiger partial charge in [0.2, 0.25) is 0 Å². The van der Waals surface area contributed by atoms with Crippen molar-refractivity contribution >= 4 is 21.5 Å². The number of fused-ring (bicyclic) bond motifs is 2. The number of rotatable bonds is 1. The number of nitrogens with one attached hydrogen (secondary N) is 1. The van der Waals surface area contributed by atoms with Crippen LogP contribution < -0.4 is 5.32 Å². The van der Waals surface area contributed by atoms with Crippen LogP contribution in [0.5, 0.6) is 0 Å².